The van der Waals surface area contributed by atoms with Crippen molar-refractivity contribution in [2.45, 2.75) is 70.2 Å². The Morgan fingerprint density at radius 3 is 2.62 bits per heavy atom. The van der Waals surface area contributed by atoms with Crippen LogP contribution in [0.4, 0.5) is 0 Å². The molecule has 4 atom stereocenters. The molecule has 7 nitrogen and oxygen atoms in total. The second kappa shape index (κ2) is 9.14. The highest BCUT2D eigenvalue weighted by Gasteiger charge is 2.42. The molecule has 1 aromatic carbocycles. The van der Waals surface area contributed by atoms with Crippen molar-refractivity contribution < 1.29 is 13.2 Å². The molecule has 32 heavy (non-hydrogen) atoms. The number of benzene rings is 1. The van der Waals surface area contributed by atoms with Crippen molar-refractivity contribution in [1.29, 1.82) is 0 Å². The first-order valence-electron chi connectivity index (χ1n) is 12.0. The molecule has 2 aliphatic rings. The van der Waals surface area contributed by atoms with Gasteiger partial charge in [0.2, 0.25) is 15.9 Å². The van der Waals surface area contributed by atoms with Crippen molar-refractivity contribution in [3.8, 4) is 0 Å². The smallest absolute Gasteiger partial charge is 0.243 e. The molecular formula is C24H36N4O3S. The lowest BCUT2D eigenvalue weighted by molar-refractivity contribution is -0.122. The fourth-order valence-corrected chi connectivity index (χ4v) is 7.37. The zero-order chi connectivity index (χ0) is 23.0. The average Bonchev–Trinajstić information content (AvgIpc) is 3.47. The Hall–Kier alpha value is -1.93. The van der Waals surface area contributed by atoms with Crippen LogP contribution in [0.5, 0.6) is 0 Å². The van der Waals surface area contributed by atoms with E-state index in [1.54, 1.807) is 18.2 Å². The number of aromatic nitrogens is 2. The molecule has 2 aliphatic carbocycles. The van der Waals surface area contributed by atoms with Gasteiger partial charge in [-0.05, 0) is 62.1 Å². The molecule has 0 aliphatic heterocycles. The van der Waals surface area contributed by atoms with Gasteiger partial charge in [0.25, 0.3) is 0 Å². The molecule has 176 valence electrons. The first kappa shape index (κ1) is 23.2. The molecule has 1 N–H and O–H groups in total. The Balaban J connectivity index is 1.42. The van der Waals surface area contributed by atoms with Crippen molar-refractivity contribution in [3.63, 3.8) is 0 Å². The van der Waals surface area contributed by atoms with Gasteiger partial charge >= 0.3 is 0 Å². The fourth-order valence-electron chi connectivity index (χ4n) is 5.89. The summed E-state index contributed by atoms with van der Waals surface area (Å²) >= 11 is 0. The Morgan fingerprint density at radius 1 is 1.25 bits per heavy atom. The van der Waals surface area contributed by atoms with Crippen LogP contribution in [0.1, 0.15) is 58.7 Å². The van der Waals surface area contributed by atoms with E-state index in [1.165, 1.54) is 30.0 Å². The van der Waals surface area contributed by atoms with Crippen LogP contribution in [0.2, 0.25) is 0 Å². The zero-order valence-corrected chi connectivity index (χ0v) is 20.5. The Morgan fingerprint density at radius 2 is 2.00 bits per heavy atom. The van der Waals surface area contributed by atoms with Gasteiger partial charge in [-0.25, -0.2) is 13.4 Å². The number of nitrogens with zero attached hydrogens (tertiary/aromatic N) is 3. The normalized spacial score (nSPS) is 23.8. The molecular weight excluding hydrogens is 424 g/mol. The molecule has 2 aromatic rings. The Labute approximate surface area is 191 Å². The van der Waals surface area contributed by atoms with Gasteiger partial charge in [0, 0.05) is 39.0 Å². The van der Waals surface area contributed by atoms with Crippen molar-refractivity contribution in [3.05, 3.63) is 24.0 Å². The van der Waals surface area contributed by atoms with E-state index in [4.69, 9.17) is 0 Å². The minimum Gasteiger partial charge on any atom is -0.353 e. The summed E-state index contributed by atoms with van der Waals surface area (Å²) in [4.78, 5) is 17.5. The van der Waals surface area contributed by atoms with Crippen LogP contribution >= 0.6 is 0 Å². The van der Waals surface area contributed by atoms with Crippen molar-refractivity contribution in [2.75, 3.05) is 13.1 Å². The number of amides is 1. The zero-order valence-electron chi connectivity index (χ0n) is 19.7. The summed E-state index contributed by atoms with van der Waals surface area (Å²) in [6.07, 6.45) is 6.20. The highest BCUT2D eigenvalue weighted by Crippen LogP contribution is 2.49. The third-order valence-corrected chi connectivity index (χ3v) is 9.73. The number of carbonyl (C=O) groups is 1. The number of hydrogen-bond donors (Lipinski definition) is 1. The van der Waals surface area contributed by atoms with E-state index < -0.39 is 10.0 Å². The predicted octanol–water partition coefficient (Wildman–Crippen LogP) is 3.48. The predicted molar refractivity (Wildman–Crippen MR) is 126 cm³/mol. The van der Waals surface area contributed by atoms with Crippen molar-refractivity contribution >= 4 is 27.0 Å². The number of aryl methyl sites for hydroxylation is 2. The molecule has 8 heteroatoms. The third-order valence-electron chi connectivity index (χ3n) is 7.69. The van der Waals surface area contributed by atoms with E-state index >= 15 is 0 Å². The molecule has 4 unspecified atom stereocenters. The number of fused-ring (bicyclic) bond motifs is 3. The van der Waals surface area contributed by atoms with E-state index in [-0.39, 0.29) is 16.8 Å². The number of imidazole rings is 1. The van der Waals surface area contributed by atoms with Crippen LogP contribution in [-0.2, 0) is 28.3 Å². The highest BCUT2D eigenvalue weighted by molar-refractivity contribution is 7.89. The number of carbonyl (C=O) groups excluding carboxylic acids is 1. The van der Waals surface area contributed by atoms with Gasteiger partial charge in [-0.15, -0.1) is 0 Å². The molecule has 2 fully saturated rings. The quantitative estimate of drug-likeness (QED) is 0.621. The first-order valence-corrected chi connectivity index (χ1v) is 13.4. The lowest BCUT2D eigenvalue weighted by Crippen LogP contribution is -2.40. The monoisotopic (exact) mass is 460 g/mol. The molecule has 1 heterocycles. The molecule has 2 bridgehead atoms. The standard InChI is InChI=1S/C24H36N4O3S/c1-5-28(6-2)32(30,31)19-9-10-22-21(15-19)26-23(27(22)4)11-12-24(29)25-16(3)20-14-17-7-8-18(20)13-17/h9-10,15-18,20H,5-8,11-14H2,1-4H3,(H,25,29). The molecule has 0 saturated heterocycles. The van der Waals surface area contributed by atoms with Crippen molar-refractivity contribution in [2.24, 2.45) is 24.8 Å². The summed E-state index contributed by atoms with van der Waals surface area (Å²) in [5.41, 5.74) is 1.51. The van der Waals surface area contributed by atoms with Gasteiger partial charge in [0.05, 0.1) is 15.9 Å². The Kier molecular flexibility index (Phi) is 6.63. The van der Waals surface area contributed by atoms with Crippen LogP contribution in [0.3, 0.4) is 0 Å². The highest BCUT2D eigenvalue weighted by atomic mass is 32.2. The van der Waals surface area contributed by atoms with Gasteiger partial charge in [0.15, 0.2) is 0 Å². The van der Waals surface area contributed by atoms with Gasteiger partial charge in [-0.1, -0.05) is 20.3 Å². The summed E-state index contributed by atoms with van der Waals surface area (Å²) in [5, 5.41) is 3.22. The lowest BCUT2D eigenvalue weighted by atomic mass is 9.84. The first-order chi connectivity index (χ1) is 15.2. The van der Waals surface area contributed by atoms with Gasteiger partial charge in [-0.3, -0.25) is 4.79 Å². The molecule has 1 amide bonds. The van der Waals surface area contributed by atoms with Crippen LogP contribution in [0.15, 0.2) is 23.1 Å². The number of sulfonamides is 1. The summed E-state index contributed by atoms with van der Waals surface area (Å²) in [6.45, 7) is 6.68. The number of hydrogen-bond acceptors (Lipinski definition) is 4. The van der Waals surface area contributed by atoms with E-state index in [1.807, 2.05) is 25.5 Å². The lowest BCUT2D eigenvalue weighted by Gasteiger charge is -2.28. The maximum atomic E-state index is 12.8. The van der Waals surface area contributed by atoms with E-state index in [0.29, 0.717) is 37.4 Å². The molecule has 0 spiro atoms. The second-order valence-electron chi connectivity index (χ2n) is 9.52. The van der Waals surface area contributed by atoms with Gasteiger partial charge < -0.3 is 9.88 Å². The maximum Gasteiger partial charge on any atom is 0.243 e. The van der Waals surface area contributed by atoms with E-state index in [0.717, 1.165) is 23.2 Å². The molecule has 2 saturated carbocycles. The summed E-state index contributed by atoms with van der Waals surface area (Å²) in [6, 6.07) is 5.32. The van der Waals surface area contributed by atoms with Crippen LogP contribution in [0.25, 0.3) is 11.0 Å². The minimum absolute atomic E-state index is 0.0668. The summed E-state index contributed by atoms with van der Waals surface area (Å²) in [7, 11) is -1.61. The van der Waals surface area contributed by atoms with E-state index in [2.05, 4.69) is 17.2 Å². The van der Waals surface area contributed by atoms with Gasteiger partial charge in [0.1, 0.15) is 5.82 Å². The minimum atomic E-state index is -3.53. The van der Waals surface area contributed by atoms with E-state index in [9.17, 15) is 13.2 Å². The third kappa shape index (κ3) is 4.31. The summed E-state index contributed by atoms with van der Waals surface area (Å²) in [5.74, 6) is 3.15. The number of rotatable bonds is 9. The Bertz CT molecular complexity index is 1090. The van der Waals surface area contributed by atoms with Crippen LogP contribution < -0.4 is 5.32 Å². The molecule has 0 radical (unpaired) electrons. The molecule has 1 aromatic heterocycles. The van der Waals surface area contributed by atoms with Gasteiger partial charge in [-0.2, -0.15) is 4.31 Å². The van der Waals surface area contributed by atoms with Crippen LogP contribution in [-0.4, -0.2) is 47.3 Å². The molecule has 4 rings (SSSR count). The average molecular weight is 461 g/mol. The number of nitrogens with one attached hydrogen (secondary N) is 1. The van der Waals surface area contributed by atoms with Crippen molar-refractivity contribution in [1.82, 2.24) is 19.2 Å². The maximum absolute atomic E-state index is 12.8. The largest absolute Gasteiger partial charge is 0.353 e. The fraction of sp³-hybridized carbons (Fsp3) is 0.667. The topological polar surface area (TPSA) is 84.3 Å². The SMILES string of the molecule is CCN(CC)S(=O)(=O)c1ccc2c(c1)nc(CCC(=O)NC(C)C1CC3CCC1C3)n2C. The van der Waals surface area contributed by atoms with Crippen LogP contribution in [0, 0.1) is 17.8 Å². The second-order valence-corrected chi connectivity index (χ2v) is 11.5. The summed E-state index contributed by atoms with van der Waals surface area (Å²) < 4.78 is 29.1.